The Labute approximate surface area is 83.0 Å². The van der Waals surface area contributed by atoms with Gasteiger partial charge in [0.05, 0.1) is 10.7 Å². The Kier molecular flexibility index (Phi) is 2.02. The van der Waals surface area contributed by atoms with E-state index in [1.165, 1.54) is 0 Å². The van der Waals surface area contributed by atoms with E-state index in [4.69, 9.17) is 5.11 Å². The third-order valence-corrected chi connectivity index (χ3v) is 1.92. The fraction of sp³-hybridized carbons (Fsp3) is 0. The van der Waals surface area contributed by atoms with Gasteiger partial charge in [-0.05, 0) is 22.0 Å². The minimum absolute atomic E-state index is 0.200. The molecule has 4 nitrogen and oxygen atoms in total. The van der Waals surface area contributed by atoms with Gasteiger partial charge in [-0.15, -0.1) is 0 Å². The maximum Gasteiger partial charge on any atom is 0.233 e. The van der Waals surface area contributed by atoms with Crippen LogP contribution in [0.15, 0.2) is 35.3 Å². The molecule has 66 valence electrons. The molecule has 0 spiro atoms. The van der Waals surface area contributed by atoms with Gasteiger partial charge in [-0.3, -0.25) is 4.57 Å². The van der Waals surface area contributed by atoms with Crippen LogP contribution in [0.4, 0.5) is 0 Å². The van der Waals surface area contributed by atoms with E-state index < -0.39 is 0 Å². The van der Waals surface area contributed by atoms with Crippen LogP contribution < -0.4 is 0 Å². The SMILES string of the molecule is Oc1ccn(-c2ncc(Br)cn2)c1. The van der Waals surface area contributed by atoms with Crippen molar-refractivity contribution in [3.05, 3.63) is 35.3 Å². The first-order chi connectivity index (χ1) is 6.25. The Balaban J connectivity index is 2.41. The average Bonchev–Trinajstić information content (AvgIpc) is 2.53. The van der Waals surface area contributed by atoms with Crippen molar-refractivity contribution in [2.24, 2.45) is 0 Å². The molecular weight excluding hydrogens is 234 g/mol. The van der Waals surface area contributed by atoms with Crippen LogP contribution in [0.25, 0.3) is 5.95 Å². The summed E-state index contributed by atoms with van der Waals surface area (Å²) >= 11 is 3.24. The molecule has 2 aromatic heterocycles. The zero-order chi connectivity index (χ0) is 9.26. The zero-order valence-corrected chi connectivity index (χ0v) is 8.14. The lowest BCUT2D eigenvalue weighted by molar-refractivity contribution is 0.475. The van der Waals surface area contributed by atoms with Gasteiger partial charge >= 0.3 is 0 Å². The van der Waals surface area contributed by atoms with Crippen LogP contribution in [0, 0.1) is 0 Å². The van der Waals surface area contributed by atoms with Crippen molar-refractivity contribution in [3.63, 3.8) is 0 Å². The van der Waals surface area contributed by atoms with Crippen LogP contribution >= 0.6 is 15.9 Å². The standard InChI is InChI=1S/C8H6BrN3O/c9-6-3-10-8(11-4-6)12-2-1-7(13)5-12/h1-5,13H. The summed E-state index contributed by atoms with van der Waals surface area (Å²) in [5.74, 6) is 0.731. The molecule has 0 aliphatic rings. The molecule has 0 unspecified atom stereocenters. The van der Waals surface area contributed by atoms with Crippen molar-refractivity contribution in [2.45, 2.75) is 0 Å². The zero-order valence-electron chi connectivity index (χ0n) is 6.55. The predicted molar refractivity (Wildman–Crippen MR) is 50.7 cm³/mol. The number of aromatic nitrogens is 3. The first kappa shape index (κ1) is 8.25. The molecule has 0 radical (unpaired) electrons. The number of rotatable bonds is 1. The fourth-order valence-electron chi connectivity index (χ4n) is 0.948. The van der Waals surface area contributed by atoms with Crippen LogP contribution in [0.1, 0.15) is 0 Å². The Bertz CT molecular complexity index is 410. The monoisotopic (exact) mass is 239 g/mol. The van der Waals surface area contributed by atoms with Crippen LogP contribution in [0.3, 0.4) is 0 Å². The highest BCUT2D eigenvalue weighted by atomic mass is 79.9. The molecule has 5 heteroatoms. The van der Waals surface area contributed by atoms with E-state index in [0.29, 0.717) is 5.95 Å². The minimum Gasteiger partial charge on any atom is -0.506 e. The summed E-state index contributed by atoms with van der Waals surface area (Å²) in [4.78, 5) is 8.11. The number of nitrogens with zero attached hydrogens (tertiary/aromatic N) is 3. The highest BCUT2D eigenvalue weighted by molar-refractivity contribution is 9.10. The second-order valence-corrected chi connectivity index (χ2v) is 3.39. The van der Waals surface area contributed by atoms with Crippen LogP contribution in [-0.4, -0.2) is 19.6 Å². The summed E-state index contributed by atoms with van der Waals surface area (Å²) in [6, 6.07) is 1.57. The lowest BCUT2D eigenvalue weighted by atomic mass is 10.6. The van der Waals surface area contributed by atoms with E-state index in [1.807, 2.05) is 0 Å². The fourth-order valence-corrected chi connectivity index (χ4v) is 1.15. The van der Waals surface area contributed by atoms with Gasteiger partial charge in [-0.25, -0.2) is 9.97 Å². The van der Waals surface area contributed by atoms with E-state index in [0.717, 1.165) is 4.47 Å². The highest BCUT2D eigenvalue weighted by Gasteiger charge is 1.99. The van der Waals surface area contributed by atoms with E-state index in [1.54, 1.807) is 35.4 Å². The number of hydrogen-bond donors (Lipinski definition) is 1. The topological polar surface area (TPSA) is 50.9 Å². The summed E-state index contributed by atoms with van der Waals surface area (Å²) < 4.78 is 2.47. The van der Waals surface area contributed by atoms with Crippen LogP contribution in [0.5, 0.6) is 5.75 Å². The summed E-state index contributed by atoms with van der Waals surface area (Å²) in [7, 11) is 0. The second-order valence-electron chi connectivity index (χ2n) is 2.48. The summed E-state index contributed by atoms with van der Waals surface area (Å²) in [5, 5.41) is 9.08. The first-order valence-electron chi connectivity index (χ1n) is 3.60. The molecule has 2 aromatic rings. The Hall–Kier alpha value is -1.36. The van der Waals surface area contributed by atoms with Crippen molar-refractivity contribution >= 4 is 15.9 Å². The quantitative estimate of drug-likeness (QED) is 0.825. The van der Waals surface area contributed by atoms with Crippen LogP contribution in [0.2, 0.25) is 0 Å². The van der Waals surface area contributed by atoms with Gasteiger partial charge in [0.15, 0.2) is 0 Å². The minimum atomic E-state index is 0.200. The van der Waals surface area contributed by atoms with Gasteiger partial charge in [0.25, 0.3) is 0 Å². The normalized spacial score (nSPS) is 10.2. The smallest absolute Gasteiger partial charge is 0.233 e. The highest BCUT2D eigenvalue weighted by Crippen LogP contribution is 2.12. The van der Waals surface area contributed by atoms with E-state index in [9.17, 15) is 0 Å². The molecule has 0 saturated carbocycles. The summed E-state index contributed by atoms with van der Waals surface area (Å²) in [6.07, 6.45) is 6.54. The van der Waals surface area contributed by atoms with Crippen LogP contribution in [-0.2, 0) is 0 Å². The Morgan fingerprint density at radius 3 is 2.54 bits per heavy atom. The third-order valence-electron chi connectivity index (χ3n) is 1.51. The number of aromatic hydroxyl groups is 1. The average molecular weight is 240 g/mol. The molecule has 1 N–H and O–H groups in total. The molecule has 0 atom stereocenters. The van der Waals surface area contributed by atoms with Crippen molar-refractivity contribution in [1.29, 1.82) is 0 Å². The summed E-state index contributed by atoms with van der Waals surface area (Å²) in [6.45, 7) is 0. The number of hydrogen-bond acceptors (Lipinski definition) is 3. The Morgan fingerprint density at radius 2 is 2.00 bits per heavy atom. The molecule has 0 bridgehead atoms. The van der Waals surface area contributed by atoms with Gasteiger partial charge in [0, 0.05) is 18.6 Å². The van der Waals surface area contributed by atoms with Gasteiger partial charge in [-0.2, -0.15) is 0 Å². The molecule has 0 aromatic carbocycles. The molecule has 2 heterocycles. The molecule has 0 aliphatic carbocycles. The third kappa shape index (κ3) is 1.70. The Morgan fingerprint density at radius 1 is 1.31 bits per heavy atom. The van der Waals surface area contributed by atoms with Crippen molar-refractivity contribution in [2.75, 3.05) is 0 Å². The number of halogens is 1. The summed E-state index contributed by atoms with van der Waals surface area (Å²) in [5.41, 5.74) is 0. The molecule has 0 amide bonds. The molecule has 0 saturated heterocycles. The van der Waals surface area contributed by atoms with Gasteiger partial charge < -0.3 is 5.11 Å². The van der Waals surface area contributed by atoms with E-state index >= 15 is 0 Å². The van der Waals surface area contributed by atoms with E-state index in [2.05, 4.69) is 25.9 Å². The molecule has 2 rings (SSSR count). The predicted octanol–water partition coefficient (Wildman–Crippen LogP) is 1.74. The van der Waals surface area contributed by atoms with Gasteiger partial charge in [0.1, 0.15) is 5.75 Å². The molecule has 0 fully saturated rings. The maximum atomic E-state index is 9.08. The first-order valence-corrected chi connectivity index (χ1v) is 4.40. The molecule has 0 aliphatic heterocycles. The largest absolute Gasteiger partial charge is 0.506 e. The van der Waals surface area contributed by atoms with Crippen molar-refractivity contribution in [1.82, 2.24) is 14.5 Å². The van der Waals surface area contributed by atoms with E-state index in [-0.39, 0.29) is 5.75 Å². The lowest BCUT2D eigenvalue weighted by Gasteiger charge is -1.98. The van der Waals surface area contributed by atoms with Crippen molar-refractivity contribution in [3.8, 4) is 11.7 Å². The molecular formula is C8H6BrN3O. The lowest BCUT2D eigenvalue weighted by Crippen LogP contribution is -1.96. The van der Waals surface area contributed by atoms with Gasteiger partial charge in [-0.1, -0.05) is 0 Å². The van der Waals surface area contributed by atoms with Crippen molar-refractivity contribution < 1.29 is 5.11 Å². The maximum absolute atomic E-state index is 9.08. The van der Waals surface area contributed by atoms with Gasteiger partial charge in [0.2, 0.25) is 5.95 Å². The molecule has 13 heavy (non-hydrogen) atoms. The second kappa shape index (κ2) is 3.18.